The first-order valence-electron chi connectivity index (χ1n) is 10.5. The maximum atomic E-state index is 11.7. The second-order valence-corrected chi connectivity index (χ2v) is 8.43. The van der Waals surface area contributed by atoms with Gasteiger partial charge < -0.3 is 24.8 Å². The lowest BCUT2D eigenvalue weighted by atomic mass is 9.98. The van der Waals surface area contributed by atoms with E-state index in [4.69, 9.17) is 17.0 Å². The van der Waals surface area contributed by atoms with Gasteiger partial charge in [-0.05, 0) is 68.0 Å². The molecule has 0 radical (unpaired) electrons. The molecule has 7 nitrogen and oxygen atoms in total. The van der Waals surface area contributed by atoms with Crippen LogP contribution in [0.2, 0.25) is 0 Å². The highest BCUT2D eigenvalue weighted by molar-refractivity contribution is 7.80. The third-order valence-electron chi connectivity index (χ3n) is 5.55. The standard InChI is InChI=1S/C24H27N5O2S/c1-15(2)28-12-10-17(14-28)23-22(19-7-5-6-11-25-19)27-24(32)29(23)18-8-9-21(31-4)20(13-18)26-16(3)30/h5-15,22-23H,1-4H3,(H,26,30)(H,27,32)/t22-,23+/m0/s1. The number of rotatable bonds is 6. The Balaban J connectivity index is 1.82. The van der Waals surface area contributed by atoms with Crippen LogP contribution < -0.4 is 20.3 Å². The SMILES string of the molecule is COc1ccc(N2C(=S)N[C@@H](c3ccccn3)[C@H]2c2ccn(C(C)C)c2)cc1NC(C)=O. The minimum absolute atomic E-state index is 0.115. The number of pyridine rings is 1. The molecule has 2 N–H and O–H groups in total. The number of hydrogen-bond donors (Lipinski definition) is 2. The summed E-state index contributed by atoms with van der Waals surface area (Å²) >= 11 is 5.79. The van der Waals surface area contributed by atoms with Crippen LogP contribution in [0.15, 0.2) is 61.1 Å². The van der Waals surface area contributed by atoms with Crippen molar-refractivity contribution in [1.29, 1.82) is 0 Å². The molecule has 1 aliphatic heterocycles. The molecule has 1 amide bonds. The highest BCUT2D eigenvalue weighted by atomic mass is 32.1. The zero-order valence-corrected chi connectivity index (χ0v) is 19.4. The summed E-state index contributed by atoms with van der Waals surface area (Å²) in [5.74, 6) is 0.422. The third kappa shape index (κ3) is 4.18. The summed E-state index contributed by atoms with van der Waals surface area (Å²) < 4.78 is 7.61. The van der Waals surface area contributed by atoms with E-state index >= 15 is 0 Å². The maximum Gasteiger partial charge on any atom is 0.221 e. The summed E-state index contributed by atoms with van der Waals surface area (Å²) in [4.78, 5) is 18.4. The molecule has 2 aromatic heterocycles. The van der Waals surface area contributed by atoms with Crippen molar-refractivity contribution in [3.63, 3.8) is 0 Å². The van der Waals surface area contributed by atoms with Crippen LogP contribution in [0.25, 0.3) is 0 Å². The third-order valence-corrected chi connectivity index (χ3v) is 5.86. The number of carbonyl (C=O) groups is 1. The van der Waals surface area contributed by atoms with Gasteiger partial charge in [0.1, 0.15) is 5.75 Å². The average Bonchev–Trinajstić information content (AvgIpc) is 3.38. The van der Waals surface area contributed by atoms with E-state index in [1.165, 1.54) is 6.92 Å². The number of carbonyl (C=O) groups excluding carboxylic acids is 1. The van der Waals surface area contributed by atoms with E-state index in [9.17, 15) is 4.79 Å². The number of anilines is 2. The first-order valence-corrected chi connectivity index (χ1v) is 10.9. The molecule has 4 rings (SSSR count). The minimum atomic E-state index is -0.167. The number of methoxy groups -OCH3 is 1. The van der Waals surface area contributed by atoms with Gasteiger partial charge in [-0.25, -0.2) is 0 Å². The van der Waals surface area contributed by atoms with E-state index in [2.05, 4.69) is 57.4 Å². The molecule has 0 aliphatic carbocycles. The average molecular weight is 450 g/mol. The molecule has 0 spiro atoms. The predicted octanol–water partition coefficient (Wildman–Crippen LogP) is 4.61. The van der Waals surface area contributed by atoms with Crippen LogP contribution in [0.3, 0.4) is 0 Å². The highest BCUT2D eigenvalue weighted by Gasteiger charge is 2.41. The number of thiocarbonyl (C=S) groups is 1. The van der Waals surface area contributed by atoms with Crippen molar-refractivity contribution in [3.8, 4) is 5.75 Å². The number of aromatic nitrogens is 2. The fourth-order valence-corrected chi connectivity index (χ4v) is 4.38. The summed E-state index contributed by atoms with van der Waals surface area (Å²) in [6.07, 6.45) is 6.04. The fraction of sp³-hybridized carbons (Fsp3) is 0.292. The zero-order valence-electron chi connectivity index (χ0n) is 18.6. The normalized spacial score (nSPS) is 18.0. The first kappa shape index (κ1) is 21.8. The van der Waals surface area contributed by atoms with Crippen molar-refractivity contribution in [3.05, 3.63) is 72.3 Å². The minimum Gasteiger partial charge on any atom is -0.495 e. The zero-order chi connectivity index (χ0) is 22.8. The van der Waals surface area contributed by atoms with E-state index in [1.54, 1.807) is 13.3 Å². The number of ether oxygens (including phenoxy) is 1. The maximum absolute atomic E-state index is 11.7. The van der Waals surface area contributed by atoms with Gasteiger partial charge in [-0.1, -0.05) is 6.07 Å². The Morgan fingerprint density at radius 3 is 2.69 bits per heavy atom. The summed E-state index contributed by atoms with van der Waals surface area (Å²) in [5, 5.41) is 6.91. The smallest absolute Gasteiger partial charge is 0.221 e. The number of nitrogens with zero attached hydrogens (tertiary/aromatic N) is 3. The van der Waals surface area contributed by atoms with Crippen LogP contribution in [-0.4, -0.2) is 27.7 Å². The lowest BCUT2D eigenvalue weighted by Crippen LogP contribution is -2.29. The van der Waals surface area contributed by atoms with Gasteiger partial charge in [-0.2, -0.15) is 0 Å². The lowest BCUT2D eigenvalue weighted by Gasteiger charge is -2.28. The van der Waals surface area contributed by atoms with Crippen LogP contribution in [0.4, 0.5) is 11.4 Å². The van der Waals surface area contributed by atoms with Gasteiger partial charge >= 0.3 is 0 Å². The number of hydrogen-bond acceptors (Lipinski definition) is 4. The van der Waals surface area contributed by atoms with E-state index in [0.29, 0.717) is 22.6 Å². The molecular formula is C24H27N5O2S. The molecule has 0 bridgehead atoms. The second-order valence-electron chi connectivity index (χ2n) is 8.05. The Kier molecular flexibility index (Phi) is 6.14. The fourth-order valence-electron chi connectivity index (χ4n) is 4.03. The molecule has 1 aromatic carbocycles. The molecule has 2 atom stereocenters. The van der Waals surface area contributed by atoms with Crippen molar-refractivity contribution in [1.82, 2.24) is 14.9 Å². The Bertz CT molecular complexity index is 1130. The van der Waals surface area contributed by atoms with Crippen molar-refractivity contribution >= 4 is 34.6 Å². The van der Waals surface area contributed by atoms with Gasteiger partial charge in [0.15, 0.2) is 5.11 Å². The van der Waals surface area contributed by atoms with Gasteiger partial charge in [0.2, 0.25) is 5.91 Å². The van der Waals surface area contributed by atoms with Crippen LogP contribution in [0, 0.1) is 0 Å². The Labute approximate surface area is 193 Å². The van der Waals surface area contributed by atoms with Gasteiger partial charge in [-0.15, -0.1) is 0 Å². The van der Waals surface area contributed by atoms with Gasteiger partial charge in [0.05, 0.1) is 30.6 Å². The Morgan fingerprint density at radius 2 is 2.06 bits per heavy atom. The molecule has 0 saturated carbocycles. The summed E-state index contributed by atoms with van der Waals surface area (Å²) in [7, 11) is 1.58. The Hall–Kier alpha value is -3.39. The molecule has 1 saturated heterocycles. The highest BCUT2D eigenvalue weighted by Crippen LogP contribution is 2.43. The molecule has 1 aliphatic rings. The van der Waals surface area contributed by atoms with Crippen molar-refractivity contribution in [2.45, 2.75) is 38.9 Å². The van der Waals surface area contributed by atoms with Gasteiger partial charge in [0.25, 0.3) is 0 Å². The molecule has 1 fully saturated rings. The number of benzene rings is 1. The largest absolute Gasteiger partial charge is 0.495 e. The molecular weight excluding hydrogens is 422 g/mol. The van der Waals surface area contributed by atoms with Gasteiger partial charge in [-0.3, -0.25) is 9.78 Å². The molecule has 0 unspecified atom stereocenters. The molecule has 166 valence electrons. The van der Waals surface area contributed by atoms with Crippen LogP contribution >= 0.6 is 12.2 Å². The van der Waals surface area contributed by atoms with Crippen molar-refractivity contribution in [2.75, 3.05) is 17.3 Å². The van der Waals surface area contributed by atoms with E-state index in [0.717, 1.165) is 16.9 Å². The molecule has 8 heteroatoms. The van der Waals surface area contributed by atoms with Crippen molar-refractivity contribution < 1.29 is 9.53 Å². The second kappa shape index (κ2) is 9.00. The summed E-state index contributed by atoms with van der Waals surface area (Å²) in [6.45, 7) is 5.78. The quantitative estimate of drug-likeness (QED) is 0.536. The van der Waals surface area contributed by atoms with Crippen LogP contribution in [-0.2, 0) is 4.79 Å². The molecule has 3 heterocycles. The van der Waals surface area contributed by atoms with E-state index < -0.39 is 0 Å². The van der Waals surface area contributed by atoms with Gasteiger partial charge in [0, 0.05) is 37.2 Å². The first-order chi connectivity index (χ1) is 15.4. The van der Waals surface area contributed by atoms with Crippen molar-refractivity contribution in [2.24, 2.45) is 0 Å². The van der Waals surface area contributed by atoms with Crippen LogP contribution in [0.1, 0.15) is 50.2 Å². The van der Waals surface area contributed by atoms with E-state index in [-0.39, 0.29) is 18.0 Å². The number of amides is 1. The molecule has 32 heavy (non-hydrogen) atoms. The van der Waals surface area contributed by atoms with Crippen LogP contribution in [0.5, 0.6) is 5.75 Å². The summed E-state index contributed by atoms with van der Waals surface area (Å²) in [5.41, 5.74) is 3.49. The topological polar surface area (TPSA) is 71.4 Å². The Morgan fingerprint density at radius 1 is 1.25 bits per heavy atom. The van der Waals surface area contributed by atoms with E-state index in [1.807, 2.05) is 36.4 Å². The lowest BCUT2D eigenvalue weighted by molar-refractivity contribution is -0.114. The molecule has 3 aromatic rings. The monoisotopic (exact) mass is 449 g/mol. The summed E-state index contributed by atoms with van der Waals surface area (Å²) in [6, 6.07) is 13.8. The number of nitrogens with one attached hydrogen (secondary N) is 2. The predicted molar refractivity (Wildman–Crippen MR) is 130 cm³/mol.